The summed E-state index contributed by atoms with van der Waals surface area (Å²) < 4.78 is 11.4. The molecule has 0 bridgehead atoms. The van der Waals surface area contributed by atoms with Crippen molar-refractivity contribution >= 4 is 11.7 Å². The number of morpholine rings is 1. The van der Waals surface area contributed by atoms with Gasteiger partial charge in [0, 0.05) is 46.3 Å². The monoisotopic (exact) mass is 334 g/mol. The molecule has 1 aromatic rings. The Morgan fingerprint density at radius 1 is 1.38 bits per heavy atom. The van der Waals surface area contributed by atoms with Crippen LogP contribution in [-0.2, 0) is 9.53 Å². The Hall–Kier alpha value is -1.86. The average Bonchev–Trinajstić information content (AvgIpc) is 3.05. The molecule has 2 aliphatic rings. The Bertz CT molecular complexity index is 561. The average molecular weight is 334 g/mol. The molecular weight excluding hydrogens is 308 g/mol. The van der Waals surface area contributed by atoms with Crippen molar-refractivity contribution in [2.45, 2.75) is 12.5 Å². The fourth-order valence-electron chi connectivity index (χ4n) is 3.09. The summed E-state index contributed by atoms with van der Waals surface area (Å²) in [7, 11) is 3.89. The summed E-state index contributed by atoms with van der Waals surface area (Å²) in [6.07, 6.45) is 2.65. The van der Waals surface area contributed by atoms with E-state index < -0.39 is 0 Å². The van der Waals surface area contributed by atoms with Crippen LogP contribution in [0.25, 0.3) is 0 Å². The third-order valence-electron chi connectivity index (χ3n) is 4.43. The first-order valence-electron chi connectivity index (χ1n) is 8.50. The van der Waals surface area contributed by atoms with Gasteiger partial charge in [0.2, 0.25) is 5.91 Å². The molecule has 132 valence electrons. The number of ether oxygens (including phenoxy) is 2. The predicted octanol–water partition coefficient (Wildman–Crippen LogP) is 0.460. The number of aromatic nitrogens is 1. The summed E-state index contributed by atoms with van der Waals surface area (Å²) in [4.78, 5) is 22.8. The second-order valence-electron chi connectivity index (χ2n) is 6.48. The largest absolute Gasteiger partial charge is 0.485 e. The van der Waals surface area contributed by atoms with E-state index in [1.54, 1.807) is 6.20 Å². The summed E-state index contributed by atoms with van der Waals surface area (Å²) in [5.41, 5.74) is 0. The molecule has 0 radical (unpaired) electrons. The van der Waals surface area contributed by atoms with Crippen molar-refractivity contribution in [3.63, 3.8) is 0 Å². The summed E-state index contributed by atoms with van der Waals surface area (Å²) in [6, 6.07) is 3.80. The highest BCUT2D eigenvalue weighted by Gasteiger charge is 2.29. The molecule has 1 amide bonds. The number of nitrogens with zero attached hydrogens (tertiary/aromatic N) is 4. The standard InChI is InChI=1S/C17H26N4O3/c1-19(2)17-15(4-3-6-18-17)24-14-5-7-21(12-14)16(22)13-20-8-10-23-11-9-20/h3-4,6,14H,5,7-13H2,1-2H3. The molecule has 0 N–H and O–H groups in total. The molecule has 3 heterocycles. The molecule has 1 atom stereocenters. The summed E-state index contributed by atoms with van der Waals surface area (Å²) in [6.45, 7) is 4.98. The number of rotatable bonds is 5. The van der Waals surface area contributed by atoms with Crippen LogP contribution in [0.15, 0.2) is 18.3 Å². The molecule has 2 saturated heterocycles. The van der Waals surface area contributed by atoms with Crippen molar-refractivity contribution in [2.24, 2.45) is 0 Å². The van der Waals surface area contributed by atoms with Crippen molar-refractivity contribution in [3.8, 4) is 5.75 Å². The molecule has 0 aliphatic carbocycles. The van der Waals surface area contributed by atoms with Crippen LogP contribution >= 0.6 is 0 Å². The van der Waals surface area contributed by atoms with Gasteiger partial charge in [-0.3, -0.25) is 9.69 Å². The smallest absolute Gasteiger partial charge is 0.236 e. The molecule has 1 aromatic heterocycles. The van der Waals surface area contributed by atoms with E-state index in [1.165, 1.54) is 0 Å². The Labute approximate surface area is 143 Å². The zero-order valence-electron chi connectivity index (χ0n) is 14.5. The number of carbonyl (C=O) groups is 1. The van der Waals surface area contributed by atoms with Gasteiger partial charge in [-0.2, -0.15) is 0 Å². The van der Waals surface area contributed by atoms with Crippen molar-refractivity contribution in [2.75, 3.05) is 64.9 Å². The molecule has 24 heavy (non-hydrogen) atoms. The maximum absolute atomic E-state index is 12.5. The van der Waals surface area contributed by atoms with E-state index in [2.05, 4.69) is 9.88 Å². The topological polar surface area (TPSA) is 58.1 Å². The third-order valence-corrected chi connectivity index (χ3v) is 4.43. The van der Waals surface area contributed by atoms with Crippen LogP contribution in [0, 0.1) is 0 Å². The minimum Gasteiger partial charge on any atom is -0.485 e. The van der Waals surface area contributed by atoms with Crippen LogP contribution in [0.1, 0.15) is 6.42 Å². The number of amides is 1. The molecule has 0 spiro atoms. The number of anilines is 1. The van der Waals surface area contributed by atoms with Gasteiger partial charge in [0.1, 0.15) is 6.10 Å². The zero-order chi connectivity index (χ0) is 16.9. The highest BCUT2D eigenvalue weighted by atomic mass is 16.5. The van der Waals surface area contributed by atoms with E-state index in [-0.39, 0.29) is 12.0 Å². The second-order valence-corrected chi connectivity index (χ2v) is 6.48. The fourth-order valence-corrected chi connectivity index (χ4v) is 3.09. The number of hydrogen-bond donors (Lipinski definition) is 0. The molecular formula is C17H26N4O3. The van der Waals surface area contributed by atoms with E-state index in [4.69, 9.17) is 9.47 Å². The number of carbonyl (C=O) groups excluding carboxylic acids is 1. The van der Waals surface area contributed by atoms with Crippen molar-refractivity contribution in [1.82, 2.24) is 14.8 Å². The van der Waals surface area contributed by atoms with Crippen molar-refractivity contribution in [3.05, 3.63) is 18.3 Å². The lowest BCUT2D eigenvalue weighted by Crippen LogP contribution is -2.44. The first kappa shape index (κ1) is 17.0. The maximum Gasteiger partial charge on any atom is 0.236 e. The van der Waals surface area contributed by atoms with Gasteiger partial charge in [0.15, 0.2) is 11.6 Å². The van der Waals surface area contributed by atoms with Crippen molar-refractivity contribution < 1.29 is 14.3 Å². The number of hydrogen-bond acceptors (Lipinski definition) is 6. The molecule has 2 aliphatic heterocycles. The Morgan fingerprint density at radius 3 is 2.92 bits per heavy atom. The lowest BCUT2D eigenvalue weighted by Gasteiger charge is -2.28. The van der Waals surface area contributed by atoms with E-state index in [1.807, 2.05) is 36.0 Å². The zero-order valence-corrected chi connectivity index (χ0v) is 14.5. The SMILES string of the molecule is CN(C)c1ncccc1OC1CCN(C(=O)CN2CCOCC2)C1. The Kier molecular flexibility index (Phi) is 5.52. The summed E-state index contributed by atoms with van der Waals surface area (Å²) in [5, 5.41) is 0. The molecule has 3 rings (SSSR count). The summed E-state index contributed by atoms with van der Waals surface area (Å²) >= 11 is 0. The molecule has 0 aromatic carbocycles. The Balaban J connectivity index is 1.53. The van der Waals surface area contributed by atoms with Crippen LogP contribution < -0.4 is 9.64 Å². The molecule has 0 saturated carbocycles. The lowest BCUT2D eigenvalue weighted by atomic mass is 10.3. The van der Waals surface area contributed by atoms with E-state index >= 15 is 0 Å². The van der Waals surface area contributed by atoms with Crippen LogP contribution in [0.4, 0.5) is 5.82 Å². The molecule has 1 unspecified atom stereocenters. The number of pyridine rings is 1. The second kappa shape index (κ2) is 7.81. The van der Waals surface area contributed by atoms with E-state index in [0.29, 0.717) is 26.3 Å². The quantitative estimate of drug-likeness (QED) is 0.780. The van der Waals surface area contributed by atoms with Gasteiger partial charge in [0.05, 0.1) is 26.3 Å². The van der Waals surface area contributed by atoms with E-state index in [9.17, 15) is 4.79 Å². The minimum atomic E-state index is 0.0292. The Morgan fingerprint density at radius 2 is 2.17 bits per heavy atom. The van der Waals surface area contributed by atoms with Crippen LogP contribution in [0.3, 0.4) is 0 Å². The predicted molar refractivity (Wildman–Crippen MR) is 91.4 cm³/mol. The lowest BCUT2D eigenvalue weighted by molar-refractivity contribution is -0.132. The first-order chi connectivity index (χ1) is 11.6. The highest BCUT2D eigenvalue weighted by Crippen LogP contribution is 2.26. The highest BCUT2D eigenvalue weighted by molar-refractivity contribution is 5.78. The van der Waals surface area contributed by atoms with Crippen molar-refractivity contribution in [1.29, 1.82) is 0 Å². The maximum atomic E-state index is 12.5. The number of likely N-dealkylation sites (tertiary alicyclic amines) is 1. The van der Waals surface area contributed by atoms with E-state index in [0.717, 1.165) is 37.6 Å². The van der Waals surface area contributed by atoms with Gasteiger partial charge in [-0.15, -0.1) is 0 Å². The summed E-state index contributed by atoms with van der Waals surface area (Å²) in [5.74, 6) is 1.77. The van der Waals surface area contributed by atoms with Gasteiger partial charge in [0.25, 0.3) is 0 Å². The third kappa shape index (κ3) is 4.15. The molecule has 7 nitrogen and oxygen atoms in total. The molecule has 2 fully saturated rings. The van der Waals surface area contributed by atoms with Gasteiger partial charge >= 0.3 is 0 Å². The van der Waals surface area contributed by atoms with Gasteiger partial charge in [-0.25, -0.2) is 4.98 Å². The first-order valence-corrected chi connectivity index (χ1v) is 8.50. The van der Waals surface area contributed by atoms with Gasteiger partial charge < -0.3 is 19.3 Å². The van der Waals surface area contributed by atoms with Crippen LogP contribution in [-0.4, -0.2) is 86.8 Å². The van der Waals surface area contributed by atoms with Gasteiger partial charge in [-0.05, 0) is 12.1 Å². The normalized spacial score (nSPS) is 21.8. The molecule has 7 heteroatoms. The van der Waals surface area contributed by atoms with Crippen LogP contribution in [0.5, 0.6) is 5.75 Å². The van der Waals surface area contributed by atoms with Gasteiger partial charge in [-0.1, -0.05) is 0 Å². The minimum absolute atomic E-state index is 0.0292. The van der Waals surface area contributed by atoms with Crippen LogP contribution in [0.2, 0.25) is 0 Å². The fraction of sp³-hybridized carbons (Fsp3) is 0.647.